The zero-order valence-corrected chi connectivity index (χ0v) is 15.4. The van der Waals surface area contributed by atoms with Crippen LogP contribution in [-0.4, -0.2) is 17.6 Å². The van der Waals surface area contributed by atoms with Crippen molar-refractivity contribution in [3.05, 3.63) is 71.0 Å². The van der Waals surface area contributed by atoms with Crippen LogP contribution in [0.1, 0.15) is 17.3 Å². The molecule has 1 aromatic heterocycles. The number of ether oxygens (including phenoxy) is 1. The second-order valence-corrected chi connectivity index (χ2v) is 6.86. The first-order chi connectivity index (χ1) is 12.7. The maximum atomic E-state index is 12.7. The Bertz CT molecular complexity index is 1190. The molecule has 0 unspecified atom stereocenters. The Morgan fingerprint density at radius 1 is 1.08 bits per heavy atom. The minimum atomic E-state index is -0.291. The molecule has 0 atom stereocenters. The smallest absolute Gasteiger partial charge is 0.283 e. The normalized spacial score (nSPS) is 12.0. The van der Waals surface area contributed by atoms with E-state index in [2.05, 4.69) is 40.7 Å². The quantitative estimate of drug-likeness (QED) is 0.533. The number of aryl methyl sites for hydroxylation is 1. The van der Waals surface area contributed by atoms with Crippen molar-refractivity contribution in [2.45, 2.75) is 13.5 Å². The first-order valence-corrected chi connectivity index (χ1v) is 9.27. The summed E-state index contributed by atoms with van der Waals surface area (Å²) >= 11 is 1.55. The second-order valence-electron chi connectivity index (χ2n) is 5.88. The van der Waals surface area contributed by atoms with Crippen molar-refractivity contribution in [3.8, 4) is 5.75 Å². The number of hydrogen-bond acceptors (Lipinski definition) is 3. The van der Waals surface area contributed by atoms with Crippen LogP contribution in [0.25, 0.3) is 21.0 Å². The molecule has 0 aliphatic carbocycles. The van der Waals surface area contributed by atoms with Crippen LogP contribution in [0.2, 0.25) is 0 Å². The molecule has 5 heteroatoms. The molecular formula is C21H18N2O2S. The van der Waals surface area contributed by atoms with Crippen LogP contribution in [0.4, 0.5) is 0 Å². The molecule has 4 nitrogen and oxygen atoms in total. The molecule has 0 saturated carbocycles. The van der Waals surface area contributed by atoms with Gasteiger partial charge in [0.25, 0.3) is 5.91 Å². The van der Waals surface area contributed by atoms with Crippen LogP contribution in [-0.2, 0) is 6.54 Å². The van der Waals surface area contributed by atoms with Crippen molar-refractivity contribution in [2.24, 2.45) is 4.99 Å². The van der Waals surface area contributed by atoms with Crippen LogP contribution >= 0.6 is 11.3 Å². The minimum Gasteiger partial charge on any atom is -0.496 e. The van der Waals surface area contributed by atoms with E-state index in [4.69, 9.17) is 4.74 Å². The van der Waals surface area contributed by atoms with E-state index in [1.807, 2.05) is 24.3 Å². The number of aromatic nitrogens is 1. The minimum absolute atomic E-state index is 0.291. The first kappa shape index (κ1) is 16.5. The fourth-order valence-corrected chi connectivity index (χ4v) is 4.39. The Hall–Kier alpha value is -2.92. The predicted molar refractivity (Wildman–Crippen MR) is 106 cm³/mol. The number of hydrogen-bond donors (Lipinski definition) is 0. The predicted octanol–water partition coefficient (Wildman–Crippen LogP) is 4.63. The summed E-state index contributed by atoms with van der Waals surface area (Å²) in [5, 5.41) is 2.37. The molecule has 0 spiro atoms. The maximum Gasteiger partial charge on any atom is 0.283 e. The fraction of sp³-hybridized carbons (Fsp3) is 0.143. The molecule has 0 N–H and O–H groups in total. The summed E-state index contributed by atoms with van der Waals surface area (Å²) in [4.78, 5) is 17.9. The number of nitrogens with zero attached hydrogens (tertiary/aromatic N) is 2. The standard InChI is InChI=1S/C21H18N2O2S/c1-3-23-17-13-12-14-8-4-5-9-15(14)19(17)26-21(23)22-20(24)16-10-6-7-11-18(16)25-2/h4-13H,3H2,1-2H3. The van der Waals surface area contributed by atoms with E-state index in [-0.39, 0.29) is 5.91 Å². The van der Waals surface area contributed by atoms with Crippen LogP contribution in [0.3, 0.4) is 0 Å². The Morgan fingerprint density at radius 2 is 1.85 bits per heavy atom. The van der Waals surface area contributed by atoms with E-state index in [9.17, 15) is 4.79 Å². The molecule has 0 radical (unpaired) electrons. The summed E-state index contributed by atoms with van der Waals surface area (Å²) < 4.78 is 8.53. The average molecular weight is 362 g/mol. The van der Waals surface area contributed by atoms with Gasteiger partial charge in [-0.15, -0.1) is 0 Å². The van der Waals surface area contributed by atoms with Gasteiger partial charge in [0.05, 0.1) is 22.9 Å². The monoisotopic (exact) mass is 362 g/mol. The molecule has 1 heterocycles. The number of para-hydroxylation sites is 1. The third-order valence-corrected chi connectivity index (χ3v) is 5.55. The lowest BCUT2D eigenvalue weighted by Gasteiger charge is -2.04. The number of benzene rings is 3. The first-order valence-electron chi connectivity index (χ1n) is 8.46. The van der Waals surface area contributed by atoms with E-state index in [1.165, 1.54) is 10.8 Å². The molecule has 0 aliphatic rings. The van der Waals surface area contributed by atoms with Crippen LogP contribution < -0.4 is 9.54 Å². The van der Waals surface area contributed by atoms with Crippen LogP contribution in [0.5, 0.6) is 5.75 Å². The lowest BCUT2D eigenvalue weighted by molar-refractivity contribution is 0.0995. The molecule has 26 heavy (non-hydrogen) atoms. The highest BCUT2D eigenvalue weighted by Crippen LogP contribution is 2.27. The molecule has 0 saturated heterocycles. The average Bonchev–Trinajstić information content (AvgIpc) is 3.05. The lowest BCUT2D eigenvalue weighted by atomic mass is 10.1. The third kappa shape index (κ3) is 2.70. The van der Waals surface area contributed by atoms with Gasteiger partial charge in [-0.25, -0.2) is 0 Å². The molecule has 0 bridgehead atoms. The Labute approximate surface area is 155 Å². The topological polar surface area (TPSA) is 43.6 Å². The zero-order chi connectivity index (χ0) is 18.1. The highest BCUT2D eigenvalue weighted by atomic mass is 32.1. The number of carbonyl (C=O) groups excluding carboxylic acids is 1. The molecular weight excluding hydrogens is 344 g/mol. The van der Waals surface area contributed by atoms with E-state index in [0.29, 0.717) is 16.1 Å². The Kier molecular flexibility index (Phi) is 4.31. The van der Waals surface area contributed by atoms with Crippen molar-refractivity contribution >= 4 is 38.2 Å². The van der Waals surface area contributed by atoms with Gasteiger partial charge in [-0.1, -0.05) is 53.8 Å². The highest BCUT2D eigenvalue weighted by Gasteiger charge is 2.13. The molecule has 0 fully saturated rings. The van der Waals surface area contributed by atoms with E-state index in [0.717, 1.165) is 16.8 Å². The fourth-order valence-electron chi connectivity index (χ4n) is 3.16. The molecule has 1 amide bonds. The van der Waals surface area contributed by atoms with Gasteiger partial charge in [0.15, 0.2) is 4.80 Å². The van der Waals surface area contributed by atoms with Crippen molar-refractivity contribution in [2.75, 3.05) is 7.11 Å². The molecule has 0 aliphatic heterocycles. The number of rotatable bonds is 3. The van der Waals surface area contributed by atoms with Gasteiger partial charge in [-0.2, -0.15) is 4.99 Å². The summed E-state index contributed by atoms with van der Waals surface area (Å²) in [7, 11) is 1.56. The Morgan fingerprint density at radius 3 is 2.65 bits per heavy atom. The third-order valence-electron chi connectivity index (χ3n) is 4.42. The van der Waals surface area contributed by atoms with Crippen LogP contribution in [0.15, 0.2) is 65.7 Å². The van der Waals surface area contributed by atoms with Crippen molar-refractivity contribution in [3.63, 3.8) is 0 Å². The van der Waals surface area contributed by atoms with E-state index in [1.54, 1.807) is 30.6 Å². The van der Waals surface area contributed by atoms with Gasteiger partial charge in [-0.3, -0.25) is 4.79 Å². The van der Waals surface area contributed by atoms with Crippen LogP contribution in [0, 0.1) is 0 Å². The second kappa shape index (κ2) is 6.77. The SMILES string of the molecule is CCn1c(=NC(=O)c2ccccc2OC)sc2c3ccccc3ccc21. The number of carbonyl (C=O) groups is 1. The maximum absolute atomic E-state index is 12.7. The van der Waals surface area contributed by atoms with Crippen molar-refractivity contribution in [1.82, 2.24) is 4.57 Å². The summed E-state index contributed by atoms with van der Waals surface area (Å²) in [5.41, 5.74) is 1.57. The summed E-state index contributed by atoms with van der Waals surface area (Å²) in [6, 6.07) is 19.7. The van der Waals surface area contributed by atoms with Crippen molar-refractivity contribution in [1.29, 1.82) is 0 Å². The summed E-state index contributed by atoms with van der Waals surface area (Å²) in [5.74, 6) is 0.247. The molecule has 4 aromatic rings. The number of amides is 1. The van der Waals surface area contributed by atoms with Crippen molar-refractivity contribution < 1.29 is 9.53 Å². The van der Waals surface area contributed by atoms with Gasteiger partial charge in [0.2, 0.25) is 0 Å². The summed E-state index contributed by atoms with van der Waals surface area (Å²) in [6.07, 6.45) is 0. The Balaban J connectivity index is 1.94. The van der Waals surface area contributed by atoms with Gasteiger partial charge >= 0.3 is 0 Å². The molecule has 130 valence electrons. The van der Waals surface area contributed by atoms with Gasteiger partial charge < -0.3 is 9.30 Å². The summed E-state index contributed by atoms with van der Waals surface area (Å²) in [6.45, 7) is 2.81. The highest BCUT2D eigenvalue weighted by molar-refractivity contribution is 7.17. The molecule has 3 aromatic carbocycles. The van der Waals surface area contributed by atoms with E-state index >= 15 is 0 Å². The van der Waals surface area contributed by atoms with Gasteiger partial charge in [0, 0.05) is 11.9 Å². The van der Waals surface area contributed by atoms with E-state index < -0.39 is 0 Å². The number of thiazole rings is 1. The molecule has 4 rings (SSSR count). The van der Waals surface area contributed by atoms with Gasteiger partial charge in [0.1, 0.15) is 5.75 Å². The van der Waals surface area contributed by atoms with Gasteiger partial charge in [-0.05, 0) is 30.5 Å². The number of fused-ring (bicyclic) bond motifs is 3. The lowest BCUT2D eigenvalue weighted by Crippen LogP contribution is -2.16. The largest absolute Gasteiger partial charge is 0.496 e. The number of methoxy groups -OCH3 is 1. The zero-order valence-electron chi connectivity index (χ0n) is 14.6.